The van der Waals surface area contributed by atoms with Crippen LogP contribution in [0.3, 0.4) is 0 Å². The van der Waals surface area contributed by atoms with E-state index in [0.29, 0.717) is 46.6 Å². The predicted octanol–water partition coefficient (Wildman–Crippen LogP) is 6.92. The van der Waals surface area contributed by atoms with E-state index in [1.54, 1.807) is 47.7 Å². The number of aromatic nitrogens is 5. The molecule has 0 fully saturated rings. The zero-order valence-electron chi connectivity index (χ0n) is 25.3. The predicted molar refractivity (Wildman–Crippen MR) is 181 cm³/mol. The molecule has 0 saturated heterocycles. The molecule has 5 rings (SSSR count). The fourth-order valence-corrected chi connectivity index (χ4v) is 6.78. The summed E-state index contributed by atoms with van der Waals surface area (Å²) in [6.07, 6.45) is 5.67. The first kappa shape index (κ1) is 33.0. The first-order valence-corrected chi connectivity index (χ1v) is 17.6. The monoisotopic (exact) mass is 676 g/mol. The lowest BCUT2D eigenvalue weighted by molar-refractivity contribution is 0.102. The fourth-order valence-electron chi connectivity index (χ4n) is 4.63. The standard InChI is InChI=1S/C33H33ClN6O4S2/c1-22(2)17-27-21-45-32(35-27)15-9-23-5-3-7-25(18-23)33(41)36-29-19-24(8-14-30(29)44-20-31-37-39-40-38-31)6-4-16-46(42,43)28-12-10-26(34)11-13-28/h3,5,7-15,18-19,21-22H,4,6,16-17,20H2,1-2H3,(H,36,41)(H,37,38,39,40)/b15-9+. The molecule has 0 saturated carbocycles. The van der Waals surface area contributed by atoms with Gasteiger partial charge in [-0.3, -0.25) is 4.79 Å². The van der Waals surface area contributed by atoms with E-state index in [1.165, 1.54) is 12.1 Å². The highest BCUT2D eigenvalue weighted by atomic mass is 35.5. The zero-order valence-corrected chi connectivity index (χ0v) is 27.7. The van der Waals surface area contributed by atoms with Crippen molar-refractivity contribution < 1.29 is 17.9 Å². The number of aromatic amines is 1. The van der Waals surface area contributed by atoms with Gasteiger partial charge in [-0.05, 0) is 90.9 Å². The van der Waals surface area contributed by atoms with Crippen molar-refractivity contribution in [3.63, 3.8) is 0 Å². The zero-order chi connectivity index (χ0) is 32.5. The molecule has 10 nitrogen and oxygen atoms in total. The van der Waals surface area contributed by atoms with E-state index < -0.39 is 9.84 Å². The number of sulfone groups is 1. The van der Waals surface area contributed by atoms with Crippen molar-refractivity contribution >= 4 is 56.5 Å². The number of hydrogen-bond donors (Lipinski definition) is 2. The summed E-state index contributed by atoms with van der Waals surface area (Å²) >= 11 is 7.50. The Bertz CT molecular complexity index is 1910. The van der Waals surface area contributed by atoms with Gasteiger partial charge in [0.25, 0.3) is 5.91 Å². The van der Waals surface area contributed by atoms with Crippen LogP contribution in [0.2, 0.25) is 5.02 Å². The van der Waals surface area contributed by atoms with Gasteiger partial charge in [-0.15, -0.1) is 21.5 Å². The van der Waals surface area contributed by atoms with Gasteiger partial charge < -0.3 is 10.1 Å². The Kier molecular flexibility index (Phi) is 10.9. The maximum atomic E-state index is 13.4. The number of benzene rings is 3. The van der Waals surface area contributed by atoms with E-state index in [4.69, 9.17) is 16.3 Å². The number of thiazole rings is 1. The van der Waals surface area contributed by atoms with E-state index in [9.17, 15) is 13.2 Å². The number of rotatable bonds is 14. The van der Waals surface area contributed by atoms with Gasteiger partial charge in [-0.1, -0.05) is 54.9 Å². The van der Waals surface area contributed by atoms with Crippen LogP contribution in [0.4, 0.5) is 5.69 Å². The molecule has 0 atom stereocenters. The second-order valence-corrected chi connectivity index (χ2v) is 14.4. The average molecular weight is 677 g/mol. The van der Waals surface area contributed by atoms with E-state index in [0.717, 1.165) is 28.2 Å². The molecule has 0 unspecified atom stereocenters. The van der Waals surface area contributed by atoms with Crippen molar-refractivity contribution in [3.8, 4) is 5.75 Å². The van der Waals surface area contributed by atoms with Crippen molar-refractivity contribution in [2.24, 2.45) is 5.92 Å². The van der Waals surface area contributed by atoms with Crippen LogP contribution >= 0.6 is 22.9 Å². The maximum absolute atomic E-state index is 13.4. The summed E-state index contributed by atoms with van der Waals surface area (Å²) in [5.41, 5.74) is 3.68. The number of amides is 1. The molecule has 2 aromatic heterocycles. The molecule has 5 aromatic rings. The topological polar surface area (TPSA) is 140 Å². The van der Waals surface area contributed by atoms with Crippen LogP contribution in [0.1, 0.15) is 58.3 Å². The number of H-pyrrole nitrogens is 1. The van der Waals surface area contributed by atoms with Gasteiger partial charge in [-0.2, -0.15) is 5.21 Å². The van der Waals surface area contributed by atoms with Crippen LogP contribution in [0.25, 0.3) is 12.2 Å². The third-order valence-corrected chi connectivity index (χ3v) is 9.77. The van der Waals surface area contributed by atoms with Crippen LogP contribution in [0.5, 0.6) is 5.75 Å². The molecule has 13 heteroatoms. The molecule has 238 valence electrons. The third kappa shape index (κ3) is 9.32. The summed E-state index contributed by atoms with van der Waals surface area (Å²) in [6, 6.07) is 18.8. The SMILES string of the molecule is CC(C)Cc1csc(/C=C/c2cccc(C(=O)Nc3cc(CCCS(=O)(=O)c4ccc(Cl)cc4)ccc3OCc3nn[nH]n3)c2)n1. The number of aryl methyl sites for hydroxylation is 1. The number of hydrogen-bond acceptors (Lipinski definition) is 9. The number of nitrogens with zero attached hydrogens (tertiary/aromatic N) is 4. The molecule has 2 heterocycles. The molecule has 1 amide bonds. The Morgan fingerprint density at radius 1 is 1.09 bits per heavy atom. The van der Waals surface area contributed by atoms with Gasteiger partial charge in [0.15, 0.2) is 16.4 Å². The molecule has 0 radical (unpaired) electrons. The van der Waals surface area contributed by atoms with Crippen LogP contribution in [-0.4, -0.2) is 45.7 Å². The molecule has 2 N–H and O–H groups in total. The Hall–Kier alpha value is -4.39. The molecule has 0 bridgehead atoms. The van der Waals surface area contributed by atoms with Crippen LogP contribution in [-0.2, 0) is 29.3 Å². The summed E-state index contributed by atoms with van der Waals surface area (Å²) < 4.78 is 31.5. The first-order valence-electron chi connectivity index (χ1n) is 14.6. The Morgan fingerprint density at radius 3 is 2.67 bits per heavy atom. The Labute approximate surface area is 276 Å². The minimum atomic E-state index is -3.47. The number of nitrogens with one attached hydrogen (secondary N) is 2. The number of carbonyl (C=O) groups excluding carboxylic acids is 1. The van der Waals surface area contributed by atoms with Crippen molar-refractivity contribution in [2.45, 2.75) is 44.6 Å². The fraction of sp³-hybridized carbons (Fsp3) is 0.242. The number of carbonyl (C=O) groups is 1. The highest BCUT2D eigenvalue weighted by Gasteiger charge is 2.16. The number of ether oxygens (including phenoxy) is 1. The lowest BCUT2D eigenvalue weighted by atomic mass is 10.1. The normalized spacial score (nSPS) is 11.7. The van der Waals surface area contributed by atoms with Crippen LogP contribution in [0, 0.1) is 5.92 Å². The van der Waals surface area contributed by atoms with Gasteiger partial charge in [-0.25, -0.2) is 13.4 Å². The smallest absolute Gasteiger partial charge is 0.255 e. The van der Waals surface area contributed by atoms with Gasteiger partial charge in [0, 0.05) is 16.0 Å². The lowest BCUT2D eigenvalue weighted by Gasteiger charge is -2.14. The Morgan fingerprint density at radius 2 is 1.91 bits per heavy atom. The average Bonchev–Trinajstić information content (AvgIpc) is 3.72. The lowest BCUT2D eigenvalue weighted by Crippen LogP contribution is -2.14. The summed E-state index contributed by atoms with van der Waals surface area (Å²) in [5.74, 6) is 0.941. The first-order chi connectivity index (χ1) is 22.1. The minimum absolute atomic E-state index is 0.0350. The number of halogens is 1. The maximum Gasteiger partial charge on any atom is 0.255 e. The molecular formula is C33H33ClN6O4S2. The number of tetrazole rings is 1. The number of anilines is 1. The molecule has 0 spiro atoms. The van der Waals surface area contributed by atoms with Crippen LogP contribution in [0.15, 0.2) is 77.0 Å². The third-order valence-electron chi connectivity index (χ3n) is 6.84. The molecule has 0 aliphatic rings. The van der Waals surface area contributed by atoms with Crippen molar-refractivity contribution in [1.82, 2.24) is 25.6 Å². The van der Waals surface area contributed by atoms with E-state index in [2.05, 4.69) is 50.2 Å². The largest absolute Gasteiger partial charge is 0.483 e. The van der Waals surface area contributed by atoms with Gasteiger partial charge in [0.05, 0.1) is 22.0 Å². The van der Waals surface area contributed by atoms with E-state index >= 15 is 0 Å². The molecule has 46 heavy (non-hydrogen) atoms. The summed E-state index contributed by atoms with van der Waals surface area (Å²) in [4.78, 5) is 18.3. The van der Waals surface area contributed by atoms with Crippen molar-refractivity contribution in [2.75, 3.05) is 11.1 Å². The highest BCUT2D eigenvalue weighted by Crippen LogP contribution is 2.28. The second kappa shape index (κ2) is 15.3. The van der Waals surface area contributed by atoms with E-state index in [-0.39, 0.29) is 23.2 Å². The van der Waals surface area contributed by atoms with Gasteiger partial charge in [0.1, 0.15) is 10.8 Å². The minimum Gasteiger partial charge on any atom is -0.483 e. The van der Waals surface area contributed by atoms with Crippen molar-refractivity contribution in [1.29, 1.82) is 0 Å². The molecular weight excluding hydrogens is 644 g/mol. The molecule has 0 aliphatic heterocycles. The van der Waals surface area contributed by atoms with E-state index in [1.807, 2.05) is 30.4 Å². The molecule has 3 aromatic carbocycles. The highest BCUT2D eigenvalue weighted by molar-refractivity contribution is 7.91. The summed E-state index contributed by atoms with van der Waals surface area (Å²) in [7, 11) is -3.47. The van der Waals surface area contributed by atoms with Gasteiger partial charge >= 0.3 is 0 Å². The second-order valence-electron chi connectivity index (χ2n) is 11.0. The summed E-state index contributed by atoms with van der Waals surface area (Å²) in [6.45, 7) is 4.37. The quantitative estimate of drug-likeness (QED) is 0.129. The van der Waals surface area contributed by atoms with Crippen LogP contribution < -0.4 is 10.1 Å². The van der Waals surface area contributed by atoms with Crippen molar-refractivity contribution in [3.05, 3.63) is 110 Å². The summed E-state index contributed by atoms with van der Waals surface area (Å²) in [5, 5.41) is 20.2. The Balaban J connectivity index is 1.29. The molecule has 0 aliphatic carbocycles. The van der Waals surface area contributed by atoms with Gasteiger partial charge in [0.2, 0.25) is 5.82 Å².